The van der Waals surface area contributed by atoms with E-state index in [0.717, 1.165) is 0 Å². The van der Waals surface area contributed by atoms with Crippen LogP contribution >= 0.6 is 23.2 Å². The average Bonchev–Trinajstić information content (AvgIpc) is 2.74. The molecule has 1 aromatic carbocycles. The van der Waals surface area contributed by atoms with Gasteiger partial charge in [0.25, 0.3) is 0 Å². The predicted molar refractivity (Wildman–Crippen MR) is 69.6 cm³/mol. The van der Waals surface area contributed by atoms with Gasteiger partial charge in [0.1, 0.15) is 0 Å². The van der Waals surface area contributed by atoms with E-state index in [2.05, 4.69) is 5.10 Å². The Kier molecular flexibility index (Phi) is 3.59. The summed E-state index contributed by atoms with van der Waals surface area (Å²) in [7, 11) is 0. The van der Waals surface area contributed by atoms with Crippen molar-refractivity contribution in [2.45, 2.75) is 12.8 Å². The van der Waals surface area contributed by atoms with Crippen LogP contribution in [0, 0.1) is 0 Å². The summed E-state index contributed by atoms with van der Waals surface area (Å²) in [6.07, 6.45) is 3.13. The lowest BCUT2D eigenvalue weighted by Crippen LogP contribution is -2.07. The van der Waals surface area contributed by atoms with Crippen LogP contribution in [0.5, 0.6) is 0 Å². The Balaban J connectivity index is 2.39. The number of aromatic nitrogens is 2. The van der Waals surface area contributed by atoms with Crippen LogP contribution in [0.25, 0.3) is 5.69 Å². The minimum Gasteiger partial charge on any atom is -0.481 e. The molecule has 18 heavy (non-hydrogen) atoms. The van der Waals surface area contributed by atoms with Crippen molar-refractivity contribution in [3.8, 4) is 5.69 Å². The van der Waals surface area contributed by atoms with Crippen molar-refractivity contribution in [3.63, 3.8) is 0 Å². The van der Waals surface area contributed by atoms with Gasteiger partial charge in [0.2, 0.25) is 0 Å². The first-order valence-corrected chi connectivity index (χ1v) is 5.97. The van der Waals surface area contributed by atoms with E-state index in [1.165, 1.54) is 6.20 Å². The van der Waals surface area contributed by atoms with E-state index in [4.69, 9.17) is 28.3 Å². The van der Waals surface area contributed by atoms with Gasteiger partial charge in [0, 0.05) is 6.20 Å². The Morgan fingerprint density at radius 1 is 1.44 bits per heavy atom. The summed E-state index contributed by atoms with van der Waals surface area (Å²) in [5.74, 6) is -1.49. The number of benzene rings is 1. The van der Waals surface area contributed by atoms with Crippen molar-refractivity contribution in [2.75, 3.05) is 0 Å². The molecule has 0 amide bonds. The van der Waals surface area contributed by atoms with E-state index in [0.29, 0.717) is 21.3 Å². The molecule has 94 valence electrons. The molecule has 0 spiro atoms. The molecule has 0 radical (unpaired) electrons. The minimum absolute atomic E-state index is 0.431. The number of hydrogen-bond acceptors (Lipinski definition) is 2. The molecule has 1 atom stereocenters. The number of halogens is 2. The minimum atomic E-state index is -0.888. The summed E-state index contributed by atoms with van der Waals surface area (Å²) >= 11 is 11.9. The number of aliphatic carboxylic acids is 1. The third-order valence-electron chi connectivity index (χ3n) is 2.64. The fraction of sp³-hybridized carbons (Fsp3) is 0.167. The zero-order valence-corrected chi connectivity index (χ0v) is 11.0. The third-order valence-corrected chi connectivity index (χ3v) is 3.14. The number of rotatable bonds is 3. The lowest BCUT2D eigenvalue weighted by atomic mass is 10.0. The number of carbonyl (C=O) groups is 1. The highest BCUT2D eigenvalue weighted by Crippen LogP contribution is 2.26. The molecule has 0 bridgehead atoms. The van der Waals surface area contributed by atoms with Gasteiger partial charge in [-0.05, 0) is 24.6 Å². The van der Waals surface area contributed by atoms with Crippen molar-refractivity contribution in [2.24, 2.45) is 0 Å². The van der Waals surface area contributed by atoms with Crippen molar-refractivity contribution >= 4 is 29.2 Å². The fourth-order valence-electron chi connectivity index (χ4n) is 1.55. The van der Waals surface area contributed by atoms with Gasteiger partial charge < -0.3 is 5.11 Å². The van der Waals surface area contributed by atoms with Crippen LogP contribution in [0.1, 0.15) is 18.4 Å². The highest BCUT2D eigenvalue weighted by molar-refractivity contribution is 6.32. The molecule has 0 aliphatic carbocycles. The van der Waals surface area contributed by atoms with E-state index >= 15 is 0 Å². The molecule has 6 heteroatoms. The normalized spacial score (nSPS) is 12.4. The van der Waals surface area contributed by atoms with Crippen LogP contribution in [0.4, 0.5) is 0 Å². The maximum atomic E-state index is 10.9. The van der Waals surface area contributed by atoms with E-state index in [1.807, 2.05) is 0 Å². The van der Waals surface area contributed by atoms with Crippen LogP contribution in [0.2, 0.25) is 10.0 Å². The van der Waals surface area contributed by atoms with Crippen LogP contribution < -0.4 is 0 Å². The fourth-order valence-corrected chi connectivity index (χ4v) is 1.97. The van der Waals surface area contributed by atoms with Crippen LogP contribution in [0.15, 0.2) is 30.6 Å². The van der Waals surface area contributed by atoms with Gasteiger partial charge in [-0.25, -0.2) is 4.68 Å². The zero-order chi connectivity index (χ0) is 13.3. The Morgan fingerprint density at radius 2 is 2.17 bits per heavy atom. The molecule has 0 saturated heterocycles. The van der Waals surface area contributed by atoms with Crippen molar-refractivity contribution in [1.82, 2.24) is 9.78 Å². The summed E-state index contributed by atoms with van der Waals surface area (Å²) in [6, 6.07) is 5.07. The second-order valence-corrected chi connectivity index (χ2v) is 4.72. The molecular weight excluding hydrogens is 275 g/mol. The molecular formula is C12H10Cl2N2O2. The first-order chi connectivity index (χ1) is 8.49. The quantitative estimate of drug-likeness (QED) is 0.940. The largest absolute Gasteiger partial charge is 0.481 e. The molecule has 1 heterocycles. The van der Waals surface area contributed by atoms with Gasteiger partial charge in [0.05, 0.1) is 27.8 Å². The Labute approximate surface area is 114 Å². The monoisotopic (exact) mass is 284 g/mol. The predicted octanol–water partition coefficient (Wildman–Crippen LogP) is 3.37. The SMILES string of the molecule is CC(C(=O)O)c1ccc(-n2cc(Cl)cn2)c(Cl)c1. The molecule has 1 N–H and O–H groups in total. The third kappa shape index (κ3) is 2.49. The molecule has 1 aromatic heterocycles. The topological polar surface area (TPSA) is 55.1 Å². The molecule has 0 aliphatic rings. The van der Waals surface area contributed by atoms with Crippen LogP contribution in [-0.2, 0) is 4.79 Å². The van der Waals surface area contributed by atoms with Crippen molar-refractivity contribution in [1.29, 1.82) is 0 Å². The first-order valence-electron chi connectivity index (χ1n) is 5.22. The Morgan fingerprint density at radius 3 is 2.67 bits per heavy atom. The average molecular weight is 285 g/mol. The van der Waals surface area contributed by atoms with E-state index in [-0.39, 0.29) is 0 Å². The lowest BCUT2D eigenvalue weighted by molar-refractivity contribution is -0.138. The maximum absolute atomic E-state index is 10.9. The second-order valence-electron chi connectivity index (χ2n) is 3.87. The molecule has 0 aliphatic heterocycles. The van der Waals surface area contributed by atoms with Gasteiger partial charge in [-0.2, -0.15) is 5.10 Å². The van der Waals surface area contributed by atoms with Crippen LogP contribution in [-0.4, -0.2) is 20.9 Å². The van der Waals surface area contributed by atoms with Crippen molar-refractivity contribution < 1.29 is 9.90 Å². The summed E-state index contributed by atoms with van der Waals surface area (Å²) in [4.78, 5) is 10.9. The number of hydrogen-bond donors (Lipinski definition) is 1. The van der Waals surface area contributed by atoms with E-state index < -0.39 is 11.9 Å². The number of carboxylic acid groups (broad SMARTS) is 1. The molecule has 0 saturated carbocycles. The molecule has 2 rings (SSSR count). The summed E-state index contributed by atoms with van der Waals surface area (Å²) < 4.78 is 1.54. The molecule has 1 unspecified atom stereocenters. The Hall–Kier alpha value is -1.52. The molecule has 4 nitrogen and oxygen atoms in total. The van der Waals surface area contributed by atoms with E-state index in [1.54, 1.807) is 36.0 Å². The summed E-state index contributed by atoms with van der Waals surface area (Å²) in [6.45, 7) is 1.61. The van der Waals surface area contributed by atoms with E-state index in [9.17, 15) is 4.79 Å². The highest BCUT2D eigenvalue weighted by atomic mass is 35.5. The standard InChI is InChI=1S/C12H10Cl2N2O2/c1-7(12(17)18)8-2-3-11(10(14)4-8)16-6-9(13)5-15-16/h2-7H,1H3,(H,17,18). The first kappa shape index (κ1) is 12.9. The summed E-state index contributed by atoms with van der Waals surface area (Å²) in [5.41, 5.74) is 1.31. The van der Waals surface area contributed by atoms with Crippen molar-refractivity contribution in [3.05, 3.63) is 46.2 Å². The van der Waals surface area contributed by atoms with Gasteiger partial charge in [-0.1, -0.05) is 29.3 Å². The smallest absolute Gasteiger partial charge is 0.310 e. The Bertz CT molecular complexity index is 596. The maximum Gasteiger partial charge on any atom is 0.310 e. The highest BCUT2D eigenvalue weighted by Gasteiger charge is 2.15. The lowest BCUT2D eigenvalue weighted by Gasteiger charge is -2.10. The molecule has 2 aromatic rings. The van der Waals surface area contributed by atoms with Crippen LogP contribution in [0.3, 0.4) is 0 Å². The van der Waals surface area contributed by atoms with Gasteiger partial charge in [-0.3, -0.25) is 4.79 Å². The second kappa shape index (κ2) is 5.00. The number of carboxylic acids is 1. The van der Waals surface area contributed by atoms with Gasteiger partial charge >= 0.3 is 5.97 Å². The molecule has 0 fully saturated rings. The number of nitrogens with zero attached hydrogens (tertiary/aromatic N) is 2. The summed E-state index contributed by atoms with van der Waals surface area (Å²) in [5, 5.41) is 13.9. The zero-order valence-electron chi connectivity index (χ0n) is 9.47. The van der Waals surface area contributed by atoms with Gasteiger partial charge in [0.15, 0.2) is 0 Å². The van der Waals surface area contributed by atoms with Gasteiger partial charge in [-0.15, -0.1) is 0 Å².